The molecule has 16 nitrogen and oxygen atoms in total. The zero-order valence-electron chi connectivity index (χ0n) is 43.0. The fraction of sp³-hybridized carbons (Fsp3) is 0.279. The maximum atomic E-state index is 16.9. The van der Waals surface area contributed by atoms with Crippen molar-refractivity contribution >= 4 is 41.4 Å². The maximum Gasteiger partial charge on any atom is 0.329 e. The van der Waals surface area contributed by atoms with Gasteiger partial charge in [-0.25, -0.2) is 9.69 Å². The number of cyclic esters (lactones) is 1. The number of methoxy groups -OCH3 is 4. The second-order valence-electron chi connectivity index (χ2n) is 19.4. The second kappa shape index (κ2) is 21.4. The van der Waals surface area contributed by atoms with Crippen molar-refractivity contribution in [1.29, 1.82) is 0 Å². The summed E-state index contributed by atoms with van der Waals surface area (Å²) in [6.45, 7) is 2.04. The van der Waals surface area contributed by atoms with Gasteiger partial charge in [-0.05, 0) is 94.8 Å². The minimum atomic E-state index is -2.14. The highest BCUT2D eigenvalue weighted by Crippen LogP contribution is 2.66. The van der Waals surface area contributed by atoms with E-state index in [1.165, 1.54) is 19.2 Å². The Labute approximate surface area is 445 Å². The number of imide groups is 1. The van der Waals surface area contributed by atoms with Crippen LogP contribution in [0.15, 0.2) is 146 Å². The van der Waals surface area contributed by atoms with E-state index in [2.05, 4.69) is 17.2 Å². The van der Waals surface area contributed by atoms with Gasteiger partial charge in [0.2, 0.25) is 11.8 Å². The second-order valence-corrected chi connectivity index (χ2v) is 19.4. The molecule has 6 aromatic rings. The molecule has 7 unspecified atom stereocenters. The van der Waals surface area contributed by atoms with Crippen LogP contribution >= 0.6 is 0 Å². The highest BCUT2D eigenvalue weighted by atomic mass is 16.6. The fourth-order valence-electron chi connectivity index (χ4n) is 11.8. The Morgan fingerprint density at radius 1 is 0.740 bits per heavy atom. The summed E-state index contributed by atoms with van der Waals surface area (Å²) in [5.74, 6) is 0.121. The van der Waals surface area contributed by atoms with Crippen molar-refractivity contribution in [3.8, 4) is 29.1 Å². The van der Waals surface area contributed by atoms with Crippen LogP contribution in [0.2, 0.25) is 0 Å². The van der Waals surface area contributed by atoms with Crippen molar-refractivity contribution in [3.05, 3.63) is 190 Å². The number of esters is 3. The number of morpholine rings is 1. The van der Waals surface area contributed by atoms with Gasteiger partial charge in [0.1, 0.15) is 23.3 Å². The smallest absolute Gasteiger partial charge is 0.329 e. The van der Waals surface area contributed by atoms with Gasteiger partial charge in [-0.1, -0.05) is 115 Å². The molecule has 10 rings (SSSR count). The number of benzene rings is 6. The van der Waals surface area contributed by atoms with E-state index in [1.807, 2.05) is 108 Å². The lowest BCUT2D eigenvalue weighted by Gasteiger charge is -2.46. The molecule has 4 aliphatic rings. The molecule has 16 heteroatoms. The summed E-state index contributed by atoms with van der Waals surface area (Å²) in [4.78, 5) is 94.6. The van der Waals surface area contributed by atoms with E-state index >= 15 is 19.2 Å². The fourth-order valence-corrected chi connectivity index (χ4v) is 11.8. The molecule has 7 atom stereocenters. The number of urea groups is 1. The van der Waals surface area contributed by atoms with Gasteiger partial charge >= 0.3 is 23.9 Å². The standard InChI is InChI=1S/C61H56N4O12/c1-36(38-17-9-6-10-18-38)62-60(72)64-47-29-24-37(16-15-23-45(56(68)75-4)57(69)76-5)32-46(47)61(59(64)71)50(55(67)63-31-30-42-33-48(73-2)49(74-3)34-43(42)35-63)52-58(70)77-53(40-21-13-8-14-22-40)51(39-19-11-7-12-20-39)65(52)54(61)41-25-27-44(66)28-26-41/h6-14,17-22,24-29,32-34,36,45,50-54,66H,23,30-31,35H2,1-5H3,(H,62,72). The highest BCUT2D eigenvalue weighted by molar-refractivity contribution is 6.24. The molecule has 0 radical (unpaired) electrons. The van der Waals surface area contributed by atoms with Gasteiger partial charge in [0.05, 0.1) is 58.2 Å². The Morgan fingerprint density at radius 2 is 1.35 bits per heavy atom. The molecule has 2 saturated heterocycles. The average Bonchev–Trinajstić information content (AvgIpc) is 3.97. The van der Waals surface area contributed by atoms with Crippen molar-refractivity contribution in [2.75, 3.05) is 39.9 Å². The predicted molar refractivity (Wildman–Crippen MR) is 281 cm³/mol. The van der Waals surface area contributed by atoms with E-state index in [0.717, 1.165) is 35.8 Å². The molecule has 0 saturated carbocycles. The maximum absolute atomic E-state index is 16.9. The summed E-state index contributed by atoms with van der Waals surface area (Å²) in [7, 11) is 5.38. The topological polar surface area (TPSA) is 191 Å². The summed E-state index contributed by atoms with van der Waals surface area (Å²) in [6, 6.07) is 37.8. The Kier molecular flexibility index (Phi) is 14.3. The number of hydrogen-bond acceptors (Lipinski definition) is 13. The van der Waals surface area contributed by atoms with Crippen molar-refractivity contribution in [3.63, 3.8) is 0 Å². The molecule has 4 aliphatic heterocycles. The van der Waals surface area contributed by atoms with Crippen molar-refractivity contribution in [2.45, 2.75) is 62.0 Å². The van der Waals surface area contributed by atoms with Crippen LogP contribution in [-0.4, -0.2) is 91.7 Å². The quantitative estimate of drug-likeness (QED) is 0.0553. The number of aromatic hydroxyl groups is 1. The van der Waals surface area contributed by atoms with Crippen LogP contribution in [0.4, 0.5) is 10.5 Å². The van der Waals surface area contributed by atoms with Gasteiger partial charge < -0.3 is 39.0 Å². The van der Waals surface area contributed by atoms with E-state index in [0.29, 0.717) is 40.2 Å². The van der Waals surface area contributed by atoms with Gasteiger partial charge in [-0.15, -0.1) is 0 Å². The molecule has 392 valence electrons. The first-order valence-electron chi connectivity index (χ1n) is 25.2. The Morgan fingerprint density at radius 3 is 1.97 bits per heavy atom. The number of hydrogen-bond donors (Lipinski definition) is 2. The summed E-state index contributed by atoms with van der Waals surface area (Å²) < 4.78 is 27.8. The molecule has 2 N–H and O–H groups in total. The average molecular weight is 1040 g/mol. The van der Waals surface area contributed by atoms with Crippen LogP contribution in [-0.2, 0) is 56.6 Å². The third-order valence-electron chi connectivity index (χ3n) is 15.3. The van der Waals surface area contributed by atoms with Crippen LogP contribution in [0.1, 0.15) is 82.1 Å². The molecule has 2 fully saturated rings. The third kappa shape index (κ3) is 9.05. The predicted octanol–water partition coefficient (Wildman–Crippen LogP) is 7.83. The number of ether oxygens (including phenoxy) is 5. The van der Waals surface area contributed by atoms with Gasteiger partial charge in [-0.2, -0.15) is 0 Å². The lowest BCUT2D eigenvalue weighted by atomic mass is 9.64. The number of carbonyl (C=O) groups is 6. The molecule has 0 aliphatic carbocycles. The number of fused-ring (bicyclic) bond motifs is 4. The van der Waals surface area contributed by atoms with Crippen LogP contribution in [0.25, 0.3) is 0 Å². The minimum absolute atomic E-state index is 0.0639. The van der Waals surface area contributed by atoms with E-state index in [4.69, 9.17) is 23.7 Å². The number of carbonyl (C=O) groups excluding carboxylic acids is 6. The van der Waals surface area contributed by atoms with Crippen LogP contribution < -0.4 is 19.7 Å². The van der Waals surface area contributed by atoms with Crippen LogP contribution in [0.3, 0.4) is 0 Å². The molecular formula is C61H56N4O12. The Balaban J connectivity index is 1.25. The van der Waals surface area contributed by atoms with Gasteiger partial charge in [0.25, 0.3) is 0 Å². The van der Waals surface area contributed by atoms with Crippen LogP contribution in [0.5, 0.6) is 17.2 Å². The summed E-state index contributed by atoms with van der Waals surface area (Å²) in [6.07, 6.45) is -0.884. The Bertz CT molecular complexity index is 3310. The van der Waals surface area contributed by atoms with E-state index in [1.54, 1.807) is 49.3 Å². The van der Waals surface area contributed by atoms with Crippen molar-refractivity contribution in [1.82, 2.24) is 15.1 Å². The molecule has 1 spiro atoms. The molecule has 6 aromatic carbocycles. The number of nitrogens with zero attached hydrogens (tertiary/aromatic N) is 3. The van der Waals surface area contributed by atoms with Gasteiger partial charge in [-0.3, -0.25) is 28.9 Å². The molecule has 0 aromatic heterocycles. The lowest BCUT2D eigenvalue weighted by Crippen LogP contribution is -2.57. The normalized spacial score (nSPS) is 21.7. The summed E-state index contributed by atoms with van der Waals surface area (Å²) in [5, 5.41) is 13.9. The monoisotopic (exact) mass is 1040 g/mol. The lowest BCUT2D eigenvalue weighted by molar-refractivity contribution is -0.179. The number of phenols is 1. The number of anilines is 1. The first-order valence-corrected chi connectivity index (χ1v) is 25.2. The zero-order chi connectivity index (χ0) is 54.1. The SMILES string of the molecule is COC(=O)C(CC#Cc1ccc2c(c1)C1(C(=O)N2C(=O)NC(C)c2ccccc2)C(C(=O)N2CCc3cc(OC)c(OC)cc3C2)C2C(=O)OC(c3ccccc3)C(c3ccccc3)N2C1c1ccc(O)cc1)C(=O)OC. The number of phenolic OH excluding ortho intramolecular Hbond substituents is 1. The zero-order valence-corrected chi connectivity index (χ0v) is 43.0. The largest absolute Gasteiger partial charge is 0.508 e. The van der Waals surface area contributed by atoms with Crippen molar-refractivity contribution < 1.29 is 57.6 Å². The summed E-state index contributed by atoms with van der Waals surface area (Å²) >= 11 is 0. The first kappa shape index (κ1) is 51.5. The van der Waals surface area contributed by atoms with Crippen molar-refractivity contribution in [2.24, 2.45) is 11.8 Å². The molecule has 4 amide bonds. The Hall–Kier alpha value is -8.94. The molecular weight excluding hydrogens is 981 g/mol. The van der Waals surface area contributed by atoms with Gasteiger partial charge in [0, 0.05) is 25.1 Å². The number of amides is 4. The number of nitrogens with one attached hydrogen (secondary N) is 1. The van der Waals surface area contributed by atoms with E-state index in [-0.39, 0.29) is 36.5 Å². The highest BCUT2D eigenvalue weighted by Gasteiger charge is 2.76. The molecule has 0 bridgehead atoms. The third-order valence-corrected chi connectivity index (χ3v) is 15.3. The van der Waals surface area contributed by atoms with Gasteiger partial charge in [0.15, 0.2) is 17.4 Å². The molecule has 4 heterocycles. The van der Waals surface area contributed by atoms with E-state index in [9.17, 15) is 14.7 Å². The minimum Gasteiger partial charge on any atom is -0.508 e. The van der Waals surface area contributed by atoms with Crippen LogP contribution in [0, 0.1) is 23.7 Å². The number of rotatable bonds is 11. The summed E-state index contributed by atoms with van der Waals surface area (Å²) in [5.41, 5.74) is 2.75. The van der Waals surface area contributed by atoms with E-state index < -0.39 is 83.3 Å². The molecule has 77 heavy (non-hydrogen) atoms. The first-order chi connectivity index (χ1) is 37.3.